The van der Waals surface area contributed by atoms with Crippen LogP contribution in [0.25, 0.3) is 0 Å². The lowest BCUT2D eigenvalue weighted by Crippen LogP contribution is -2.46. The first-order valence-corrected chi connectivity index (χ1v) is 8.66. The number of carbonyl (C=O) groups is 1. The van der Waals surface area contributed by atoms with Crippen molar-refractivity contribution in [2.75, 3.05) is 20.1 Å². The van der Waals surface area contributed by atoms with Crippen molar-refractivity contribution in [2.24, 2.45) is 0 Å². The van der Waals surface area contributed by atoms with Crippen molar-refractivity contribution < 1.29 is 9.53 Å². The lowest BCUT2D eigenvalue weighted by atomic mass is 10.0. The molecule has 1 N–H and O–H groups in total. The van der Waals surface area contributed by atoms with Crippen LogP contribution in [0, 0.1) is 6.92 Å². The van der Waals surface area contributed by atoms with E-state index in [1.54, 1.807) is 0 Å². The summed E-state index contributed by atoms with van der Waals surface area (Å²) in [6.07, 6.45) is 1.69. The highest BCUT2D eigenvalue weighted by molar-refractivity contribution is 5.85. The molecule has 5 heteroatoms. The largest absolute Gasteiger partial charge is 0.481 e. The number of hydrogen-bond acceptors (Lipinski definition) is 3. The summed E-state index contributed by atoms with van der Waals surface area (Å²) in [6.45, 7) is 9.89. The standard InChI is InChI=1S/C19H30N2O2.ClH/c1-13(2)17-9-8-14(3)11-18(17)23-15(4)19(22)21-10-6-7-16(21)12-20-5;/h8-9,11,13,15-16,20H,6-7,10,12H2,1-5H3;1H. The molecule has 4 nitrogen and oxygen atoms in total. The van der Waals surface area contributed by atoms with E-state index in [0.29, 0.717) is 12.0 Å². The fourth-order valence-corrected chi connectivity index (χ4v) is 3.27. The van der Waals surface area contributed by atoms with Crippen LogP contribution in [0.5, 0.6) is 5.75 Å². The number of likely N-dealkylation sites (N-methyl/N-ethyl adjacent to an activating group) is 1. The Balaban J connectivity index is 0.00000288. The van der Waals surface area contributed by atoms with Gasteiger partial charge in [0.1, 0.15) is 5.75 Å². The molecule has 2 unspecified atom stereocenters. The molecule has 1 aliphatic heterocycles. The molecule has 0 saturated carbocycles. The molecule has 1 aromatic rings. The van der Waals surface area contributed by atoms with Crippen molar-refractivity contribution in [2.45, 2.75) is 58.6 Å². The van der Waals surface area contributed by atoms with Crippen LogP contribution in [-0.2, 0) is 4.79 Å². The normalized spacial score (nSPS) is 18.4. The van der Waals surface area contributed by atoms with Crippen LogP contribution in [-0.4, -0.2) is 43.1 Å². The fourth-order valence-electron chi connectivity index (χ4n) is 3.27. The highest BCUT2D eigenvalue weighted by Crippen LogP contribution is 2.29. The van der Waals surface area contributed by atoms with Crippen LogP contribution < -0.4 is 10.1 Å². The van der Waals surface area contributed by atoms with E-state index in [9.17, 15) is 4.79 Å². The average molecular weight is 355 g/mol. The Kier molecular flexibility index (Phi) is 8.04. The zero-order valence-corrected chi connectivity index (χ0v) is 16.3. The summed E-state index contributed by atoms with van der Waals surface area (Å²) in [5.74, 6) is 1.31. The van der Waals surface area contributed by atoms with E-state index in [1.807, 2.05) is 31.9 Å². The highest BCUT2D eigenvalue weighted by atomic mass is 35.5. The first kappa shape index (κ1) is 20.8. The Hall–Kier alpha value is -1.26. The van der Waals surface area contributed by atoms with Gasteiger partial charge in [0, 0.05) is 19.1 Å². The summed E-state index contributed by atoms with van der Waals surface area (Å²) < 4.78 is 6.08. The number of rotatable bonds is 6. The molecule has 136 valence electrons. The van der Waals surface area contributed by atoms with Crippen molar-refractivity contribution in [3.05, 3.63) is 29.3 Å². The topological polar surface area (TPSA) is 41.6 Å². The number of carbonyl (C=O) groups excluding carboxylic acids is 1. The van der Waals surface area contributed by atoms with Crippen molar-refractivity contribution in [3.8, 4) is 5.75 Å². The van der Waals surface area contributed by atoms with Gasteiger partial charge in [-0.15, -0.1) is 12.4 Å². The number of nitrogens with zero attached hydrogens (tertiary/aromatic N) is 1. The van der Waals surface area contributed by atoms with E-state index in [2.05, 4.69) is 31.3 Å². The highest BCUT2D eigenvalue weighted by Gasteiger charge is 2.32. The van der Waals surface area contributed by atoms with Gasteiger partial charge in [-0.3, -0.25) is 4.79 Å². The zero-order chi connectivity index (χ0) is 17.0. The molecule has 1 aliphatic rings. The van der Waals surface area contributed by atoms with E-state index < -0.39 is 6.10 Å². The molecule has 1 saturated heterocycles. The monoisotopic (exact) mass is 354 g/mol. The van der Waals surface area contributed by atoms with E-state index >= 15 is 0 Å². The first-order valence-electron chi connectivity index (χ1n) is 8.66. The molecule has 1 amide bonds. The van der Waals surface area contributed by atoms with Crippen LogP contribution in [0.3, 0.4) is 0 Å². The van der Waals surface area contributed by atoms with Crippen molar-refractivity contribution in [3.63, 3.8) is 0 Å². The molecule has 0 radical (unpaired) electrons. The van der Waals surface area contributed by atoms with Gasteiger partial charge in [0.2, 0.25) is 0 Å². The van der Waals surface area contributed by atoms with Gasteiger partial charge >= 0.3 is 0 Å². The van der Waals surface area contributed by atoms with E-state index in [-0.39, 0.29) is 18.3 Å². The van der Waals surface area contributed by atoms with Gasteiger partial charge in [-0.1, -0.05) is 26.0 Å². The molecular weight excluding hydrogens is 324 g/mol. The summed E-state index contributed by atoms with van der Waals surface area (Å²) in [5, 5.41) is 3.18. The maximum atomic E-state index is 12.8. The van der Waals surface area contributed by atoms with Crippen LogP contribution in [0.1, 0.15) is 50.7 Å². The Morgan fingerprint density at radius 2 is 2.08 bits per heavy atom. The van der Waals surface area contributed by atoms with Crippen molar-refractivity contribution >= 4 is 18.3 Å². The molecule has 0 spiro atoms. The Labute approximate surface area is 152 Å². The van der Waals surface area contributed by atoms with Gasteiger partial charge < -0.3 is 15.0 Å². The Morgan fingerprint density at radius 1 is 1.38 bits per heavy atom. The first-order chi connectivity index (χ1) is 10.9. The molecule has 2 atom stereocenters. The fraction of sp³-hybridized carbons (Fsp3) is 0.632. The minimum atomic E-state index is -0.452. The number of ether oxygens (including phenoxy) is 1. The van der Waals surface area contributed by atoms with Gasteiger partial charge in [0.25, 0.3) is 5.91 Å². The maximum Gasteiger partial charge on any atom is 0.263 e. The van der Waals surface area contributed by atoms with Crippen LogP contribution in [0.2, 0.25) is 0 Å². The number of benzene rings is 1. The molecule has 24 heavy (non-hydrogen) atoms. The molecule has 1 aromatic carbocycles. The summed E-state index contributed by atoms with van der Waals surface area (Å²) in [6, 6.07) is 6.53. The second kappa shape index (κ2) is 9.28. The second-order valence-corrected chi connectivity index (χ2v) is 6.84. The number of halogens is 1. The van der Waals surface area contributed by atoms with E-state index in [4.69, 9.17) is 4.74 Å². The van der Waals surface area contributed by atoms with Crippen molar-refractivity contribution in [1.82, 2.24) is 10.2 Å². The third-order valence-corrected chi connectivity index (χ3v) is 4.54. The number of amides is 1. The molecule has 1 heterocycles. The summed E-state index contributed by atoms with van der Waals surface area (Å²) in [5.41, 5.74) is 2.31. The SMILES string of the molecule is CNCC1CCCN1C(=O)C(C)Oc1cc(C)ccc1C(C)C.Cl. The smallest absolute Gasteiger partial charge is 0.263 e. The minimum Gasteiger partial charge on any atom is -0.481 e. The predicted octanol–water partition coefficient (Wildman–Crippen LogP) is 3.52. The van der Waals surface area contributed by atoms with Crippen LogP contribution in [0.15, 0.2) is 18.2 Å². The quantitative estimate of drug-likeness (QED) is 0.849. The van der Waals surface area contributed by atoms with Gasteiger partial charge in [-0.05, 0) is 56.8 Å². The molecule has 1 fully saturated rings. The number of aryl methyl sites for hydroxylation is 1. The second-order valence-electron chi connectivity index (χ2n) is 6.84. The zero-order valence-electron chi connectivity index (χ0n) is 15.5. The third-order valence-electron chi connectivity index (χ3n) is 4.54. The lowest BCUT2D eigenvalue weighted by Gasteiger charge is -2.28. The number of hydrogen-bond donors (Lipinski definition) is 1. The maximum absolute atomic E-state index is 12.8. The Bertz CT molecular complexity index is 548. The third kappa shape index (κ3) is 4.87. The molecule has 0 aromatic heterocycles. The van der Waals surface area contributed by atoms with Crippen LogP contribution in [0.4, 0.5) is 0 Å². The van der Waals surface area contributed by atoms with Crippen molar-refractivity contribution in [1.29, 1.82) is 0 Å². The summed E-state index contributed by atoms with van der Waals surface area (Å²) in [7, 11) is 1.93. The molecule has 0 aliphatic carbocycles. The lowest BCUT2D eigenvalue weighted by molar-refractivity contribution is -0.138. The van der Waals surface area contributed by atoms with E-state index in [0.717, 1.165) is 42.8 Å². The predicted molar refractivity (Wildman–Crippen MR) is 101 cm³/mol. The molecule has 2 rings (SSSR count). The number of likely N-dealkylation sites (tertiary alicyclic amines) is 1. The van der Waals surface area contributed by atoms with E-state index in [1.165, 1.54) is 0 Å². The van der Waals surface area contributed by atoms with Gasteiger partial charge in [0.15, 0.2) is 6.10 Å². The van der Waals surface area contributed by atoms with Gasteiger partial charge in [-0.25, -0.2) is 0 Å². The van der Waals surface area contributed by atoms with Crippen LogP contribution >= 0.6 is 12.4 Å². The number of nitrogens with one attached hydrogen (secondary N) is 1. The summed E-state index contributed by atoms with van der Waals surface area (Å²) >= 11 is 0. The average Bonchev–Trinajstić information content (AvgIpc) is 2.94. The van der Waals surface area contributed by atoms with Gasteiger partial charge in [-0.2, -0.15) is 0 Å². The minimum absolute atomic E-state index is 0. The Morgan fingerprint density at radius 3 is 2.71 bits per heavy atom. The molecule has 0 bridgehead atoms. The summed E-state index contributed by atoms with van der Waals surface area (Å²) in [4.78, 5) is 14.8. The van der Waals surface area contributed by atoms with Gasteiger partial charge in [0.05, 0.1) is 0 Å². The molecular formula is C19H31ClN2O2.